The van der Waals surface area contributed by atoms with Crippen LogP contribution in [0.1, 0.15) is 17.8 Å². The van der Waals surface area contributed by atoms with Gasteiger partial charge in [-0.25, -0.2) is 4.98 Å². The van der Waals surface area contributed by atoms with E-state index in [1.807, 2.05) is 24.3 Å². The van der Waals surface area contributed by atoms with E-state index in [2.05, 4.69) is 51.4 Å². The van der Waals surface area contributed by atoms with Crippen molar-refractivity contribution in [2.45, 2.75) is 17.1 Å². The van der Waals surface area contributed by atoms with Gasteiger partial charge in [0, 0.05) is 25.2 Å². The van der Waals surface area contributed by atoms with Gasteiger partial charge in [0.25, 0.3) is 0 Å². The molecule has 2 heterocycles. The Morgan fingerprint density at radius 1 is 0.867 bits per heavy atom. The number of anilines is 1. The van der Waals surface area contributed by atoms with Crippen LogP contribution in [-0.2, 0) is 3.79 Å². The van der Waals surface area contributed by atoms with Gasteiger partial charge in [0.2, 0.25) is 9.74 Å². The second kappa shape index (κ2) is 9.06. The number of rotatable bonds is 3. The molecule has 1 aliphatic rings. The van der Waals surface area contributed by atoms with Crippen LogP contribution in [0.25, 0.3) is 22.5 Å². The number of nitrogens with one attached hydrogen (secondary N) is 1. The third-order valence-electron chi connectivity index (χ3n) is 5.03. The van der Waals surface area contributed by atoms with Crippen LogP contribution in [-0.4, -0.2) is 41.1 Å². The lowest BCUT2D eigenvalue weighted by molar-refractivity contribution is 0.724. The Balaban J connectivity index is 1.84. The number of hydrogen-bond acceptors (Lipinski definition) is 5. The first-order valence-corrected chi connectivity index (χ1v) is 11.0. The molecule has 1 fully saturated rings. The number of benzene rings is 2. The molecule has 3 aromatic rings. The van der Waals surface area contributed by atoms with Crippen molar-refractivity contribution in [3.63, 3.8) is 0 Å². The van der Waals surface area contributed by atoms with E-state index in [0.717, 1.165) is 49.3 Å². The summed E-state index contributed by atoms with van der Waals surface area (Å²) in [6, 6.07) is 16.3. The number of aryl methyl sites for hydroxylation is 1. The van der Waals surface area contributed by atoms with E-state index < -0.39 is 3.79 Å². The number of nitrogens with zero attached hydrogens (tertiary/aromatic N) is 4. The van der Waals surface area contributed by atoms with Gasteiger partial charge < -0.3 is 10.2 Å². The average molecular weight is 463 g/mol. The van der Waals surface area contributed by atoms with Gasteiger partial charge in [-0.2, -0.15) is 9.97 Å². The number of hydrogen-bond donors (Lipinski definition) is 1. The maximum atomic E-state index is 6.18. The largest absolute Gasteiger partial charge is 0.339 e. The molecule has 0 unspecified atom stereocenters. The normalized spacial score (nSPS) is 15.1. The minimum absolute atomic E-state index is 0.128. The molecule has 0 spiro atoms. The minimum atomic E-state index is -1.74. The molecule has 0 aliphatic carbocycles. The zero-order valence-corrected chi connectivity index (χ0v) is 18.8. The molecule has 1 aliphatic heterocycles. The summed E-state index contributed by atoms with van der Waals surface area (Å²) in [6.07, 6.45) is 0.990. The van der Waals surface area contributed by atoms with Gasteiger partial charge in [-0.05, 0) is 31.0 Å². The van der Waals surface area contributed by atoms with Gasteiger partial charge in [-0.15, -0.1) is 0 Å². The molecule has 2 aromatic carbocycles. The lowest BCUT2D eigenvalue weighted by Gasteiger charge is -2.22. The molecule has 30 heavy (non-hydrogen) atoms. The standard InChI is InChI=1S/C22H22Cl3N5/c1-15-7-9-16(10-8-15)17-5-2-3-6-18(17)19-27-20(22(23,24)25)29-21(28-19)30-13-4-11-26-12-14-30/h2-3,5-10,26H,4,11-14H2,1H3. The van der Waals surface area contributed by atoms with Crippen LogP contribution >= 0.6 is 34.8 Å². The van der Waals surface area contributed by atoms with Gasteiger partial charge in [-0.1, -0.05) is 88.9 Å². The fraction of sp³-hybridized carbons (Fsp3) is 0.318. The van der Waals surface area contributed by atoms with Crippen LogP contribution in [0, 0.1) is 6.92 Å². The molecule has 4 rings (SSSR count). The summed E-state index contributed by atoms with van der Waals surface area (Å²) in [5.74, 6) is 1.15. The molecule has 5 nitrogen and oxygen atoms in total. The second-order valence-electron chi connectivity index (χ2n) is 7.28. The van der Waals surface area contributed by atoms with E-state index in [0.29, 0.717) is 11.8 Å². The second-order valence-corrected chi connectivity index (χ2v) is 9.56. The summed E-state index contributed by atoms with van der Waals surface area (Å²) >= 11 is 18.5. The Labute approximate surface area is 191 Å². The Hall–Kier alpha value is -1.92. The van der Waals surface area contributed by atoms with Gasteiger partial charge in [-0.3, -0.25) is 0 Å². The van der Waals surface area contributed by atoms with Crippen molar-refractivity contribution in [2.24, 2.45) is 0 Å². The van der Waals surface area contributed by atoms with E-state index in [-0.39, 0.29) is 5.82 Å². The molecule has 0 atom stereocenters. The summed E-state index contributed by atoms with van der Waals surface area (Å²) in [4.78, 5) is 15.9. The van der Waals surface area contributed by atoms with Gasteiger partial charge in [0.1, 0.15) is 0 Å². The highest BCUT2D eigenvalue weighted by Gasteiger charge is 2.30. The predicted molar refractivity (Wildman–Crippen MR) is 124 cm³/mol. The molecule has 8 heteroatoms. The Morgan fingerprint density at radius 3 is 2.33 bits per heavy atom. The Morgan fingerprint density at radius 2 is 1.60 bits per heavy atom. The molecule has 0 saturated carbocycles. The van der Waals surface area contributed by atoms with E-state index in [1.165, 1.54) is 5.56 Å². The monoisotopic (exact) mass is 461 g/mol. The van der Waals surface area contributed by atoms with E-state index in [9.17, 15) is 0 Å². The van der Waals surface area contributed by atoms with Crippen LogP contribution in [0.2, 0.25) is 0 Å². The van der Waals surface area contributed by atoms with E-state index >= 15 is 0 Å². The quantitative estimate of drug-likeness (QED) is 0.546. The van der Waals surface area contributed by atoms with Crippen molar-refractivity contribution >= 4 is 40.8 Å². The fourth-order valence-electron chi connectivity index (χ4n) is 3.46. The van der Waals surface area contributed by atoms with Gasteiger partial charge >= 0.3 is 0 Å². The molecule has 1 saturated heterocycles. The zero-order chi connectivity index (χ0) is 21.1. The highest BCUT2D eigenvalue weighted by atomic mass is 35.6. The third kappa shape index (κ3) is 4.86. The smallest absolute Gasteiger partial charge is 0.250 e. The van der Waals surface area contributed by atoms with Crippen LogP contribution in [0.15, 0.2) is 48.5 Å². The first kappa shape index (κ1) is 21.3. The predicted octanol–water partition coefficient (Wildman–Crippen LogP) is 5.14. The van der Waals surface area contributed by atoms with Crippen molar-refractivity contribution in [1.82, 2.24) is 20.3 Å². The molecule has 0 amide bonds. The Kier molecular flexibility index (Phi) is 6.44. The van der Waals surface area contributed by atoms with Crippen molar-refractivity contribution in [1.29, 1.82) is 0 Å². The molecular weight excluding hydrogens is 441 g/mol. The summed E-state index contributed by atoms with van der Waals surface area (Å²) in [7, 11) is 0. The van der Waals surface area contributed by atoms with Crippen molar-refractivity contribution in [3.05, 3.63) is 59.9 Å². The van der Waals surface area contributed by atoms with Gasteiger partial charge in [0.05, 0.1) is 0 Å². The minimum Gasteiger partial charge on any atom is -0.339 e. The summed E-state index contributed by atoms with van der Waals surface area (Å²) in [5.41, 5.74) is 4.16. The lowest BCUT2D eigenvalue weighted by atomic mass is 9.98. The van der Waals surface area contributed by atoms with Crippen molar-refractivity contribution in [3.8, 4) is 22.5 Å². The van der Waals surface area contributed by atoms with Crippen LogP contribution in [0.3, 0.4) is 0 Å². The van der Waals surface area contributed by atoms with Crippen LogP contribution in [0.4, 0.5) is 5.95 Å². The molecule has 0 bridgehead atoms. The van der Waals surface area contributed by atoms with Crippen molar-refractivity contribution < 1.29 is 0 Å². The highest BCUT2D eigenvalue weighted by molar-refractivity contribution is 6.66. The Bertz CT molecular complexity index is 1010. The highest BCUT2D eigenvalue weighted by Crippen LogP contribution is 2.38. The third-order valence-corrected chi connectivity index (χ3v) is 5.54. The SMILES string of the molecule is Cc1ccc(-c2ccccc2-c2nc(N3CCCNCC3)nc(C(Cl)(Cl)Cl)n2)cc1. The first-order chi connectivity index (χ1) is 14.4. The first-order valence-electron chi connectivity index (χ1n) is 9.87. The summed E-state index contributed by atoms with van der Waals surface area (Å²) < 4.78 is -1.74. The fourth-order valence-corrected chi connectivity index (χ4v) is 3.72. The molecular formula is C22H22Cl3N5. The average Bonchev–Trinajstić information content (AvgIpc) is 3.03. The number of aromatic nitrogens is 3. The van der Waals surface area contributed by atoms with E-state index in [4.69, 9.17) is 39.8 Å². The zero-order valence-electron chi connectivity index (χ0n) is 16.6. The summed E-state index contributed by atoms with van der Waals surface area (Å²) in [6.45, 7) is 5.49. The van der Waals surface area contributed by atoms with Crippen molar-refractivity contribution in [2.75, 3.05) is 31.1 Å². The maximum absolute atomic E-state index is 6.18. The van der Waals surface area contributed by atoms with Gasteiger partial charge in [0.15, 0.2) is 11.6 Å². The number of alkyl halides is 3. The molecule has 156 valence electrons. The lowest BCUT2D eigenvalue weighted by Crippen LogP contribution is -2.30. The molecule has 1 aromatic heterocycles. The van der Waals surface area contributed by atoms with Crippen LogP contribution < -0.4 is 10.2 Å². The van der Waals surface area contributed by atoms with E-state index in [1.54, 1.807) is 0 Å². The maximum Gasteiger partial charge on any atom is 0.250 e. The summed E-state index contributed by atoms with van der Waals surface area (Å²) in [5, 5.41) is 3.38. The molecule has 1 N–H and O–H groups in total. The molecule has 0 radical (unpaired) electrons. The van der Waals surface area contributed by atoms with Crippen LogP contribution in [0.5, 0.6) is 0 Å². The number of halogens is 3. The topological polar surface area (TPSA) is 53.9 Å².